The molecular formula is C18H15Cl2N5O2S2. The Balaban J connectivity index is 1.61. The molecule has 11 heteroatoms. The van der Waals surface area contributed by atoms with E-state index in [0.29, 0.717) is 37.3 Å². The molecule has 1 unspecified atom stereocenters. The molecule has 0 fully saturated rings. The lowest BCUT2D eigenvalue weighted by atomic mass is 10.3. The third-order valence-electron chi connectivity index (χ3n) is 3.80. The van der Waals surface area contributed by atoms with Crippen molar-refractivity contribution in [2.24, 2.45) is 7.05 Å². The minimum atomic E-state index is -0.418. The van der Waals surface area contributed by atoms with E-state index in [-0.39, 0.29) is 11.7 Å². The van der Waals surface area contributed by atoms with Crippen LogP contribution in [0.4, 0.5) is 5.00 Å². The number of hydrogen-bond donors (Lipinski definition) is 1. The molecule has 0 radical (unpaired) electrons. The molecule has 0 spiro atoms. The molecule has 0 saturated heterocycles. The number of thioether (sulfide) groups is 1. The summed E-state index contributed by atoms with van der Waals surface area (Å²) < 4.78 is 7.63. The summed E-state index contributed by atoms with van der Waals surface area (Å²) in [6, 6.07) is 8.69. The Hall–Kier alpha value is -2.25. The van der Waals surface area contributed by atoms with Gasteiger partial charge in [-0.3, -0.25) is 4.79 Å². The van der Waals surface area contributed by atoms with E-state index in [0.717, 1.165) is 0 Å². The van der Waals surface area contributed by atoms with Gasteiger partial charge in [-0.1, -0.05) is 35.0 Å². The summed E-state index contributed by atoms with van der Waals surface area (Å²) in [5.74, 6) is 0.983. The van der Waals surface area contributed by atoms with Crippen LogP contribution in [0.3, 0.4) is 0 Å². The first kappa shape index (κ1) is 21.5. The number of halogens is 2. The number of nitriles is 1. The van der Waals surface area contributed by atoms with Crippen LogP contribution in [0, 0.1) is 11.3 Å². The first-order valence-electron chi connectivity index (χ1n) is 8.30. The number of hydrogen-bond acceptors (Lipinski definition) is 7. The minimum absolute atomic E-state index is 0.132. The number of nitrogens with one attached hydrogen (secondary N) is 1. The Morgan fingerprint density at radius 3 is 2.93 bits per heavy atom. The lowest BCUT2D eigenvalue weighted by Gasteiger charge is -2.15. The fourth-order valence-electron chi connectivity index (χ4n) is 2.41. The van der Waals surface area contributed by atoms with Gasteiger partial charge in [-0.05, 0) is 36.6 Å². The van der Waals surface area contributed by atoms with Gasteiger partial charge in [0.15, 0.2) is 17.1 Å². The van der Waals surface area contributed by atoms with Crippen molar-refractivity contribution in [2.45, 2.75) is 18.2 Å². The predicted molar refractivity (Wildman–Crippen MR) is 115 cm³/mol. The minimum Gasteiger partial charge on any atom is -0.481 e. The molecule has 0 saturated carbocycles. The lowest BCUT2D eigenvalue weighted by molar-refractivity contribution is -0.113. The second kappa shape index (κ2) is 9.50. The van der Waals surface area contributed by atoms with Crippen LogP contribution in [-0.4, -0.2) is 26.4 Å². The van der Waals surface area contributed by atoms with Crippen molar-refractivity contribution < 1.29 is 9.53 Å². The van der Waals surface area contributed by atoms with E-state index < -0.39 is 6.10 Å². The van der Waals surface area contributed by atoms with Crippen LogP contribution >= 0.6 is 46.3 Å². The standard InChI is InChI=1S/C18H15Cl2N5O2S2/c1-10(27-14-4-3-12(19)7-13(14)20)16-23-24-18(25(16)2)29-9-15(26)22-17-11(8-21)5-6-28-17/h3-7,10H,9H2,1-2H3,(H,22,26). The molecule has 1 N–H and O–H groups in total. The number of ether oxygens (including phenoxy) is 1. The van der Waals surface area contributed by atoms with E-state index in [9.17, 15) is 4.79 Å². The average Bonchev–Trinajstić information content (AvgIpc) is 3.28. The maximum Gasteiger partial charge on any atom is 0.235 e. The molecule has 1 atom stereocenters. The summed E-state index contributed by atoms with van der Waals surface area (Å²) >= 11 is 14.6. The zero-order chi connectivity index (χ0) is 21.0. The molecule has 3 rings (SSSR count). The highest BCUT2D eigenvalue weighted by atomic mass is 35.5. The van der Waals surface area contributed by atoms with Crippen LogP contribution in [-0.2, 0) is 11.8 Å². The second-order valence-corrected chi connectivity index (χ2v) is 8.55. The monoisotopic (exact) mass is 467 g/mol. The quantitative estimate of drug-likeness (QED) is 0.495. The summed E-state index contributed by atoms with van der Waals surface area (Å²) in [6.45, 7) is 1.83. The number of benzene rings is 1. The SMILES string of the molecule is CC(Oc1ccc(Cl)cc1Cl)c1nnc(SCC(=O)Nc2sccc2C#N)n1C. The van der Waals surface area contributed by atoms with E-state index in [2.05, 4.69) is 15.5 Å². The van der Waals surface area contributed by atoms with Crippen molar-refractivity contribution in [3.05, 3.63) is 51.1 Å². The third-order valence-corrected chi connectivity index (χ3v) is 6.18. The Morgan fingerprint density at radius 1 is 1.41 bits per heavy atom. The predicted octanol–water partition coefficient (Wildman–Crippen LogP) is 4.93. The highest BCUT2D eigenvalue weighted by Gasteiger charge is 2.19. The van der Waals surface area contributed by atoms with E-state index in [1.165, 1.54) is 23.1 Å². The van der Waals surface area contributed by atoms with Gasteiger partial charge in [0.05, 0.1) is 16.3 Å². The molecular weight excluding hydrogens is 453 g/mol. The van der Waals surface area contributed by atoms with Gasteiger partial charge in [0.2, 0.25) is 5.91 Å². The van der Waals surface area contributed by atoms with Gasteiger partial charge in [0.25, 0.3) is 0 Å². The molecule has 0 aliphatic rings. The maximum absolute atomic E-state index is 12.2. The van der Waals surface area contributed by atoms with E-state index in [1.807, 2.05) is 13.0 Å². The number of anilines is 1. The summed E-state index contributed by atoms with van der Waals surface area (Å²) in [4.78, 5) is 12.2. The van der Waals surface area contributed by atoms with E-state index in [1.54, 1.807) is 41.3 Å². The highest BCUT2D eigenvalue weighted by Crippen LogP contribution is 2.31. The van der Waals surface area contributed by atoms with Crippen molar-refractivity contribution in [3.63, 3.8) is 0 Å². The summed E-state index contributed by atoms with van der Waals surface area (Å²) in [5.41, 5.74) is 0.445. The van der Waals surface area contributed by atoms with Crippen LogP contribution < -0.4 is 10.1 Å². The fourth-order valence-corrected chi connectivity index (χ4v) is 4.33. The van der Waals surface area contributed by atoms with Crippen LogP contribution in [0.2, 0.25) is 10.0 Å². The number of rotatable bonds is 7. The molecule has 1 aromatic carbocycles. The zero-order valence-electron chi connectivity index (χ0n) is 15.3. The van der Waals surface area contributed by atoms with Gasteiger partial charge in [-0.25, -0.2) is 0 Å². The molecule has 7 nitrogen and oxygen atoms in total. The lowest BCUT2D eigenvalue weighted by Crippen LogP contribution is -2.14. The van der Waals surface area contributed by atoms with Crippen molar-refractivity contribution in [2.75, 3.05) is 11.1 Å². The van der Waals surface area contributed by atoms with Gasteiger partial charge >= 0.3 is 0 Å². The normalized spacial score (nSPS) is 11.7. The average molecular weight is 468 g/mol. The molecule has 2 heterocycles. The molecule has 0 aliphatic carbocycles. The van der Waals surface area contributed by atoms with Crippen LogP contribution in [0.1, 0.15) is 24.4 Å². The largest absolute Gasteiger partial charge is 0.481 e. The van der Waals surface area contributed by atoms with Crippen molar-refractivity contribution >= 4 is 57.2 Å². The first-order chi connectivity index (χ1) is 13.9. The summed E-state index contributed by atoms with van der Waals surface area (Å²) in [5, 5.41) is 23.8. The Bertz CT molecular complexity index is 1080. The van der Waals surface area contributed by atoms with Crippen LogP contribution in [0.5, 0.6) is 5.75 Å². The van der Waals surface area contributed by atoms with Gasteiger partial charge in [0.1, 0.15) is 16.8 Å². The van der Waals surface area contributed by atoms with E-state index >= 15 is 0 Å². The van der Waals surface area contributed by atoms with Crippen molar-refractivity contribution in [1.29, 1.82) is 5.26 Å². The summed E-state index contributed by atoms with van der Waals surface area (Å²) in [6.07, 6.45) is -0.418. The van der Waals surface area contributed by atoms with Crippen molar-refractivity contribution in [3.8, 4) is 11.8 Å². The number of amides is 1. The van der Waals surface area contributed by atoms with Gasteiger partial charge in [-0.2, -0.15) is 5.26 Å². The van der Waals surface area contributed by atoms with E-state index in [4.69, 9.17) is 33.2 Å². The topological polar surface area (TPSA) is 92.8 Å². The molecule has 29 heavy (non-hydrogen) atoms. The smallest absolute Gasteiger partial charge is 0.235 e. The number of carbonyl (C=O) groups is 1. The van der Waals surface area contributed by atoms with Gasteiger partial charge in [-0.15, -0.1) is 21.5 Å². The fraction of sp³-hybridized carbons (Fsp3) is 0.222. The maximum atomic E-state index is 12.2. The van der Waals surface area contributed by atoms with Crippen LogP contribution in [0.25, 0.3) is 0 Å². The molecule has 150 valence electrons. The second-order valence-electron chi connectivity index (χ2n) is 5.85. The highest BCUT2D eigenvalue weighted by molar-refractivity contribution is 7.99. The first-order valence-corrected chi connectivity index (χ1v) is 10.9. The van der Waals surface area contributed by atoms with Crippen molar-refractivity contribution in [1.82, 2.24) is 14.8 Å². The molecule has 0 aliphatic heterocycles. The van der Waals surface area contributed by atoms with Gasteiger partial charge in [0, 0.05) is 12.1 Å². The molecule has 2 aromatic heterocycles. The Labute approximate surface area is 185 Å². The Kier molecular flexibility index (Phi) is 7.03. The summed E-state index contributed by atoms with van der Waals surface area (Å²) in [7, 11) is 1.80. The number of carbonyl (C=O) groups excluding carboxylic acids is 1. The molecule has 0 bridgehead atoms. The molecule has 1 amide bonds. The number of thiophene rings is 1. The third kappa shape index (κ3) is 5.22. The van der Waals surface area contributed by atoms with Crippen LogP contribution in [0.15, 0.2) is 34.8 Å². The van der Waals surface area contributed by atoms with Gasteiger partial charge < -0.3 is 14.6 Å². The Morgan fingerprint density at radius 2 is 2.21 bits per heavy atom. The number of nitrogens with zero attached hydrogens (tertiary/aromatic N) is 4. The molecule has 3 aromatic rings. The zero-order valence-corrected chi connectivity index (χ0v) is 18.5. The number of aromatic nitrogens is 3.